The van der Waals surface area contributed by atoms with Crippen molar-refractivity contribution in [3.63, 3.8) is 0 Å². The van der Waals surface area contributed by atoms with Crippen LogP contribution in [0, 0.1) is 5.92 Å². The fraction of sp³-hybridized carbons (Fsp3) is 0.800. The fourth-order valence-corrected chi connectivity index (χ4v) is 2.78. The summed E-state index contributed by atoms with van der Waals surface area (Å²) in [6.07, 6.45) is 2.43. The first kappa shape index (κ1) is 10.9. The Labute approximate surface area is 97.5 Å². The maximum absolute atomic E-state index is 11.5. The van der Waals surface area contributed by atoms with Crippen molar-refractivity contribution < 1.29 is 9.59 Å². The average molecular weight is 275 g/mol. The quantitative estimate of drug-likeness (QED) is 0.709. The second kappa shape index (κ2) is 4.51. The number of nitrogens with zero attached hydrogens (tertiary/aromatic N) is 1. The standard InChI is InChI=1S/C10H15BrN2O2/c11-5-10(15)13-4-3-8-7(6-13)1-2-9(14)12-8/h7-8H,1-6H2,(H,12,14). The number of alkyl halides is 1. The zero-order chi connectivity index (χ0) is 10.8. The van der Waals surface area contributed by atoms with Crippen molar-refractivity contribution in [1.82, 2.24) is 10.2 Å². The summed E-state index contributed by atoms with van der Waals surface area (Å²) in [5.41, 5.74) is 0. The molecule has 0 bridgehead atoms. The smallest absolute Gasteiger partial charge is 0.233 e. The molecule has 0 spiro atoms. The maximum atomic E-state index is 11.5. The van der Waals surface area contributed by atoms with E-state index in [9.17, 15) is 9.59 Å². The topological polar surface area (TPSA) is 49.4 Å². The van der Waals surface area contributed by atoms with Crippen LogP contribution in [-0.2, 0) is 9.59 Å². The van der Waals surface area contributed by atoms with Gasteiger partial charge in [0.2, 0.25) is 11.8 Å². The van der Waals surface area contributed by atoms with Gasteiger partial charge in [0.15, 0.2) is 0 Å². The third-order valence-electron chi connectivity index (χ3n) is 3.29. The number of carbonyl (C=O) groups is 2. The van der Waals surface area contributed by atoms with Crippen molar-refractivity contribution >= 4 is 27.7 Å². The number of piperidine rings is 2. The Balaban J connectivity index is 1.95. The molecule has 5 heteroatoms. The van der Waals surface area contributed by atoms with Crippen LogP contribution in [0.5, 0.6) is 0 Å². The van der Waals surface area contributed by atoms with E-state index in [-0.39, 0.29) is 11.8 Å². The van der Waals surface area contributed by atoms with Crippen LogP contribution in [0.15, 0.2) is 0 Å². The molecule has 2 aliphatic rings. The highest BCUT2D eigenvalue weighted by Crippen LogP contribution is 2.25. The molecule has 2 saturated heterocycles. The van der Waals surface area contributed by atoms with E-state index in [1.165, 1.54) is 0 Å². The molecule has 15 heavy (non-hydrogen) atoms. The molecular weight excluding hydrogens is 260 g/mol. The number of hydrogen-bond acceptors (Lipinski definition) is 2. The van der Waals surface area contributed by atoms with Gasteiger partial charge in [0.1, 0.15) is 0 Å². The summed E-state index contributed by atoms with van der Waals surface area (Å²) < 4.78 is 0. The van der Waals surface area contributed by atoms with Crippen molar-refractivity contribution in [1.29, 1.82) is 0 Å². The highest BCUT2D eigenvalue weighted by atomic mass is 79.9. The van der Waals surface area contributed by atoms with Crippen LogP contribution in [0.1, 0.15) is 19.3 Å². The SMILES string of the molecule is O=C1CCC2CN(C(=O)CBr)CCC2N1. The highest BCUT2D eigenvalue weighted by molar-refractivity contribution is 9.09. The van der Waals surface area contributed by atoms with Gasteiger partial charge in [0.05, 0.1) is 5.33 Å². The normalized spacial score (nSPS) is 30.7. The van der Waals surface area contributed by atoms with E-state index < -0.39 is 0 Å². The first-order valence-electron chi connectivity index (χ1n) is 5.34. The van der Waals surface area contributed by atoms with E-state index in [0.717, 1.165) is 25.9 Å². The molecule has 1 N–H and O–H groups in total. The molecule has 2 unspecified atom stereocenters. The van der Waals surface area contributed by atoms with Gasteiger partial charge in [-0.3, -0.25) is 9.59 Å². The molecule has 2 rings (SSSR count). The third-order valence-corrected chi connectivity index (χ3v) is 3.77. The zero-order valence-electron chi connectivity index (χ0n) is 8.54. The van der Waals surface area contributed by atoms with E-state index in [0.29, 0.717) is 23.7 Å². The molecule has 2 heterocycles. The highest BCUT2D eigenvalue weighted by Gasteiger charge is 2.34. The molecular formula is C10H15BrN2O2. The van der Waals surface area contributed by atoms with E-state index >= 15 is 0 Å². The van der Waals surface area contributed by atoms with Crippen molar-refractivity contribution in [2.24, 2.45) is 5.92 Å². The van der Waals surface area contributed by atoms with Gasteiger partial charge in [-0.1, -0.05) is 15.9 Å². The van der Waals surface area contributed by atoms with Crippen molar-refractivity contribution in [3.8, 4) is 0 Å². The van der Waals surface area contributed by atoms with E-state index in [4.69, 9.17) is 0 Å². The van der Waals surface area contributed by atoms with Gasteiger partial charge in [0.25, 0.3) is 0 Å². The Bertz CT molecular complexity index is 283. The summed E-state index contributed by atoms with van der Waals surface area (Å²) in [6.45, 7) is 1.57. The first-order valence-corrected chi connectivity index (χ1v) is 6.46. The summed E-state index contributed by atoms with van der Waals surface area (Å²) in [6, 6.07) is 0.297. The van der Waals surface area contributed by atoms with Crippen LogP contribution in [0.4, 0.5) is 0 Å². The van der Waals surface area contributed by atoms with Crippen LogP contribution >= 0.6 is 15.9 Å². The zero-order valence-corrected chi connectivity index (χ0v) is 10.1. The number of rotatable bonds is 1. The van der Waals surface area contributed by atoms with Gasteiger partial charge in [-0.25, -0.2) is 0 Å². The molecule has 4 nitrogen and oxygen atoms in total. The summed E-state index contributed by atoms with van der Waals surface area (Å²) in [7, 11) is 0. The van der Waals surface area contributed by atoms with E-state index in [1.807, 2.05) is 4.90 Å². The summed E-state index contributed by atoms with van der Waals surface area (Å²) in [5.74, 6) is 0.779. The van der Waals surface area contributed by atoms with Gasteiger partial charge in [-0.05, 0) is 18.8 Å². The predicted molar refractivity (Wildman–Crippen MR) is 59.6 cm³/mol. The van der Waals surface area contributed by atoms with E-state index in [1.54, 1.807) is 0 Å². The molecule has 0 aromatic carbocycles. The summed E-state index contributed by atoms with van der Waals surface area (Å²) >= 11 is 3.19. The molecule has 0 radical (unpaired) electrons. The number of carbonyl (C=O) groups excluding carboxylic acids is 2. The lowest BCUT2D eigenvalue weighted by Crippen LogP contribution is -2.55. The molecule has 2 fully saturated rings. The fourth-order valence-electron chi connectivity index (χ4n) is 2.42. The van der Waals surface area contributed by atoms with Gasteiger partial charge >= 0.3 is 0 Å². The summed E-state index contributed by atoms with van der Waals surface area (Å²) in [5, 5.41) is 3.41. The van der Waals surface area contributed by atoms with Crippen LogP contribution in [0.3, 0.4) is 0 Å². The number of hydrogen-bond donors (Lipinski definition) is 1. The molecule has 2 amide bonds. The number of likely N-dealkylation sites (tertiary alicyclic amines) is 1. The Kier molecular flexibility index (Phi) is 3.29. The monoisotopic (exact) mass is 274 g/mol. The van der Waals surface area contributed by atoms with Gasteiger partial charge < -0.3 is 10.2 Å². The average Bonchev–Trinajstić information content (AvgIpc) is 2.27. The minimum Gasteiger partial charge on any atom is -0.353 e. The number of amides is 2. The Morgan fingerprint density at radius 3 is 3.07 bits per heavy atom. The maximum Gasteiger partial charge on any atom is 0.233 e. The van der Waals surface area contributed by atoms with E-state index in [2.05, 4.69) is 21.2 Å². The lowest BCUT2D eigenvalue weighted by Gasteiger charge is -2.41. The molecule has 0 aliphatic carbocycles. The molecule has 0 saturated carbocycles. The molecule has 0 aromatic rings. The first-order chi connectivity index (χ1) is 7.20. The van der Waals surface area contributed by atoms with Crippen LogP contribution in [0.2, 0.25) is 0 Å². The largest absolute Gasteiger partial charge is 0.353 e. The lowest BCUT2D eigenvalue weighted by molar-refractivity contribution is -0.132. The molecule has 0 aromatic heterocycles. The molecule has 2 atom stereocenters. The third kappa shape index (κ3) is 2.33. The van der Waals surface area contributed by atoms with Crippen LogP contribution in [0.25, 0.3) is 0 Å². The Morgan fingerprint density at radius 2 is 2.33 bits per heavy atom. The number of fused-ring (bicyclic) bond motifs is 1. The van der Waals surface area contributed by atoms with Gasteiger partial charge in [-0.2, -0.15) is 0 Å². The van der Waals surface area contributed by atoms with Crippen LogP contribution < -0.4 is 5.32 Å². The second-order valence-corrected chi connectivity index (χ2v) is 4.80. The Morgan fingerprint density at radius 1 is 1.53 bits per heavy atom. The lowest BCUT2D eigenvalue weighted by atomic mass is 9.85. The van der Waals surface area contributed by atoms with Gasteiger partial charge in [0, 0.05) is 25.6 Å². The van der Waals surface area contributed by atoms with Crippen LogP contribution in [-0.4, -0.2) is 41.2 Å². The van der Waals surface area contributed by atoms with Crippen molar-refractivity contribution in [3.05, 3.63) is 0 Å². The molecule has 84 valence electrons. The summed E-state index contributed by atoms with van der Waals surface area (Å²) in [4.78, 5) is 24.6. The number of nitrogens with one attached hydrogen (secondary N) is 1. The Hall–Kier alpha value is -0.580. The van der Waals surface area contributed by atoms with Crippen molar-refractivity contribution in [2.75, 3.05) is 18.4 Å². The van der Waals surface area contributed by atoms with Crippen molar-refractivity contribution in [2.45, 2.75) is 25.3 Å². The minimum atomic E-state index is 0.158. The minimum absolute atomic E-state index is 0.158. The van der Waals surface area contributed by atoms with Gasteiger partial charge in [-0.15, -0.1) is 0 Å². The predicted octanol–water partition coefficient (Wildman–Crippen LogP) is 0.508. The number of halogens is 1. The second-order valence-electron chi connectivity index (χ2n) is 4.23. The molecule has 2 aliphatic heterocycles.